The number of amides is 2. The fraction of sp³-hybridized carbons (Fsp3) is 0.107. The Balaban J connectivity index is 1.28. The van der Waals surface area contributed by atoms with Gasteiger partial charge in [0.15, 0.2) is 5.11 Å². The van der Waals surface area contributed by atoms with Crippen molar-refractivity contribution in [3.05, 3.63) is 120 Å². The summed E-state index contributed by atoms with van der Waals surface area (Å²) in [5.74, 6) is 0.639. The fourth-order valence-electron chi connectivity index (χ4n) is 3.42. The number of thiocarbonyl (C=S) groups is 1. The standard InChI is InChI=1S/C28H25N3O4S/c32-26(29-19-25-13-6-15-34-25)21-9-4-11-23(17-21)30-28(36)31-27(33)22-10-5-12-24(18-22)35-16-14-20-7-2-1-3-8-20/h1-13,15,17-18H,14,16,19H2,(H,29,32)(H2,30,31,33,36). The lowest BCUT2D eigenvalue weighted by Crippen LogP contribution is -2.34. The number of carbonyl (C=O) groups is 2. The summed E-state index contributed by atoms with van der Waals surface area (Å²) in [6.45, 7) is 0.785. The Morgan fingerprint density at radius 1 is 0.833 bits per heavy atom. The Kier molecular flexibility index (Phi) is 8.45. The van der Waals surface area contributed by atoms with Gasteiger partial charge in [0.25, 0.3) is 11.8 Å². The predicted octanol–water partition coefficient (Wildman–Crippen LogP) is 4.96. The average molecular weight is 500 g/mol. The molecule has 0 aliphatic carbocycles. The first-order valence-electron chi connectivity index (χ1n) is 11.4. The lowest BCUT2D eigenvalue weighted by atomic mass is 10.1. The summed E-state index contributed by atoms with van der Waals surface area (Å²) < 4.78 is 11.0. The Morgan fingerprint density at radius 2 is 1.61 bits per heavy atom. The van der Waals surface area contributed by atoms with Crippen molar-refractivity contribution in [1.82, 2.24) is 10.6 Å². The number of rotatable bonds is 9. The van der Waals surface area contributed by atoms with Crippen molar-refractivity contribution in [1.29, 1.82) is 0 Å². The number of anilines is 1. The first kappa shape index (κ1) is 24.7. The van der Waals surface area contributed by atoms with E-state index in [0.717, 1.165) is 6.42 Å². The Hall–Kier alpha value is -4.43. The molecule has 36 heavy (non-hydrogen) atoms. The van der Waals surface area contributed by atoms with Crippen LogP contribution in [0.2, 0.25) is 0 Å². The van der Waals surface area contributed by atoms with E-state index in [1.807, 2.05) is 30.3 Å². The van der Waals surface area contributed by atoms with Crippen LogP contribution in [0.15, 0.2) is 102 Å². The molecule has 1 heterocycles. The molecule has 4 aromatic rings. The van der Waals surface area contributed by atoms with E-state index in [1.165, 1.54) is 5.56 Å². The molecule has 0 aliphatic heterocycles. The molecule has 3 aromatic carbocycles. The van der Waals surface area contributed by atoms with Gasteiger partial charge in [-0.3, -0.25) is 14.9 Å². The highest BCUT2D eigenvalue weighted by atomic mass is 32.1. The Bertz CT molecular complexity index is 1320. The smallest absolute Gasteiger partial charge is 0.257 e. The molecule has 8 heteroatoms. The van der Waals surface area contributed by atoms with Gasteiger partial charge in [-0.25, -0.2) is 0 Å². The third-order valence-electron chi connectivity index (χ3n) is 5.21. The minimum atomic E-state index is -0.367. The first-order valence-corrected chi connectivity index (χ1v) is 11.8. The van der Waals surface area contributed by atoms with E-state index in [9.17, 15) is 9.59 Å². The number of ether oxygens (including phenoxy) is 1. The van der Waals surface area contributed by atoms with E-state index in [0.29, 0.717) is 34.9 Å². The molecule has 0 spiro atoms. The maximum absolute atomic E-state index is 12.7. The summed E-state index contributed by atoms with van der Waals surface area (Å²) >= 11 is 5.30. The normalized spacial score (nSPS) is 10.3. The summed E-state index contributed by atoms with van der Waals surface area (Å²) in [5.41, 5.74) is 2.62. The van der Waals surface area contributed by atoms with Crippen LogP contribution in [0.5, 0.6) is 5.75 Å². The van der Waals surface area contributed by atoms with Gasteiger partial charge in [0.1, 0.15) is 11.5 Å². The van der Waals surface area contributed by atoms with Crippen molar-refractivity contribution in [2.24, 2.45) is 0 Å². The second kappa shape index (κ2) is 12.3. The molecule has 0 fully saturated rings. The van der Waals surface area contributed by atoms with Gasteiger partial charge in [-0.05, 0) is 66.3 Å². The van der Waals surface area contributed by atoms with E-state index in [4.69, 9.17) is 21.4 Å². The molecule has 0 aliphatic rings. The summed E-state index contributed by atoms with van der Waals surface area (Å²) in [6, 6.07) is 27.3. The molecule has 2 amide bonds. The zero-order valence-corrected chi connectivity index (χ0v) is 20.2. The summed E-state index contributed by atoms with van der Waals surface area (Å²) in [4.78, 5) is 25.1. The number of carbonyl (C=O) groups excluding carboxylic acids is 2. The van der Waals surface area contributed by atoms with Crippen LogP contribution < -0.4 is 20.7 Å². The van der Waals surface area contributed by atoms with E-state index in [-0.39, 0.29) is 23.5 Å². The summed E-state index contributed by atoms with van der Waals surface area (Å²) in [6.07, 6.45) is 2.32. The van der Waals surface area contributed by atoms with Crippen LogP contribution in [0, 0.1) is 0 Å². The highest BCUT2D eigenvalue weighted by Crippen LogP contribution is 2.15. The van der Waals surface area contributed by atoms with Crippen molar-refractivity contribution in [3.63, 3.8) is 0 Å². The highest BCUT2D eigenvalue weighted by Gasteiger charge is 2.11. The third-order valence-corrected chi connectivity index (χ3v) is 5.42. The van der Waals surface area contributed by atoms with Crippen LogP contribution >= 0.6 is 12.2 Å². The van der Waals surface area contributed by atoms with E-state index in [1.54, 1.807) is 66.9 Å². The van der Waals surface area contributed by atoms with Crippen molar-refractivity contribution in [2.75, 3.05) is 11.9 Å². The molecular formula is C28H25N3O4S. The van der Waals surface area contributed by atoms with E-state index in [2.05, 4.69) is 16.0 Å². The molecule has 7 nitrogen and oxygen atoms in total. The Morgan fingerprint density at radius 3 is 2.39 bits per heavy atom. The number of hydrogen-bond donors (Lipinski definition) is 3. The predicted molar refractivity (Wildman–Crippen MR) is 142 cm³/mol. The van der Waals surface area contributed by atoms with Gasteiger partial charge < -0.3 is 19.8 Å². The van der Waals surface area contributed by atoms with Crippen LogP contribution in [-0.2, 0) is 13.0 Å². The fourth-order valence-corrected chi connectivity index (χ4v) is 3.63. The lowest BCUT2D eigenvalue weighted by molar-refractivity contribution is 0.0946. The monoisotopic (exact) mass is 499 g/mol. The maximum Gasteiger partial charge on any atom is 0.257 e. The third kappa shape index (κ3) is 7.28. The minimum absolute atomic E-state index is 0.114. The van der Waals surface area contributed by atoms with Gasteiger partial charge in [-0.1, -0.05) is 42.5 Å². The van der Waals surface area contributed by atoms with Crippen LogP contribution in [0.3, 0.4) is 0 Å². The van der Waals surface area contributed by atoms with Crippen LogP contribution in [0.4, 0.5) is 5.69 Å². The molecule has 4 rings (SSSR count). The average Bonchev–Trinajstić information content (AvgIpc) is 3.42. The minimum Gasteiger partial charge on any atom is -0.493 e. The first-order chi connectivity index (χ1) is 17.6. The largest absolute Gasteiger partial charge is 0.493 e. The summed E-state index contributed by atoms with van der Waals surface area (Å²) in [7, 11) is 0. The zero-order valence-electron chi connectivity index (χ0n) is 19.4. The van der Waals surface area contributed by atoms with Crippen molar-refractivity contribution in [2.45, 2.75) is 13.0 Å². The van der Waals surface area contributed by atoms with Gasteiger partial charge >= 0.3 is 0 Å². The van der Waals surface area contributed by atoms with Crippen LogP contribution in [0.1, 0.15) is 32.0 Å². The number of benzene rings is 3. The molecule has 0 saturated heterocycles. The van der Waals surface area contributed by atoms with Gasteiger partial charge in [0.2, 0.25) is 0 Å². The zero-order chi connectivity index (χ0) is 25.2. The van der Waals surface area contributed by atoms with Crippen molar-refractivity contribution in [3.8, 4) is 5.75 Å². The highest BCUT2D eigenvalue weighted by molar-refractivity contribution is 7.80. The van der Waals surface area contributed by atoms with Crippen LogP contribution in [0.25, 0.3) is 0 Å². The molecule has 0 saturated carbocycles. The molecule has 0 atom stereocenters. The van der Waals surface area contributed by atoms with Gasteiger partial charge in [-0.2, -0.15) is 0 Å². The molecule has 3 N–H and O–H groups in total. The molecular weight excluding hydrogens is 474 g/mol. The number of furan rings is 1. The van der Waals surface area contributed by atoms with Gasteiger partial charge in [0.05, 0.1) is 19.4 Å². The maximum atomic E-state index is 12.7. The topological polar surface area (TPSA) is 92.6 Å². The molecule has 1 aromatic heterocycles. The number of nitrogens with one attached hydrogen (secondary N) is 3. The Labute approximate surface area is 214 Å². The van der Waals surface area contributed by atoms with E-state index >= 15 is 0 Å². The second-order valence-electron chi connectivity index (χ2n) is 7.86. The molecule has 0 radical (unpaired) electrons. The SMILES string of the molecule is O=C(NCc1ccco1)c1cccc(NC(=S)NC(=O)c2cccc(OCCc3ccccc3)c2)c1. The number of hydrogen-bond acceptors (Lipinski definition) is 5. The van der Waals surface area contributed by atoms with E-state index < -0.39 is 0 Å². The molecule has 0 bridgehead atoms. The quantitative estimate of drug-likeness (QED) is 0.282. The van der Waals surface area contributed by atoms with Crippen molar-refractivity contribution < 1.29 is 18.7 Å². The van der Waals surface area contributed by atoms with Crippen molar-refractivity contribution >= 4 is 34.8 Å². The van der Waals surface area contributed by atoms with Gasteiger partial charge in [0, 0.05) is 23.2 Å². The molecule has 0 unspecified atom stereocenters. The van der Waals surface area contributed by atoms with Crippen LogP contribution in [-0.4, -0.2) is 23.5 Å². The van der Waals surface area contributed by atoms with Gasteiger partial charge in [-0.15, -0.1) is 0 Å². The second-order valence-corrected chi connectivity index (χ2v) is 8.27. The molecule has 182 valence electrons. The lowest BCUT2D eigenvalue weighted by Gasteiger charge is -2.12. The summed E-state index contributed by atoms with van der Waals surface area (Å²) in [5, 5.41) is 8.51.